The van der Waals surface area contributed by atoms with Crippen LogP contribution in [0.4, 0.5) is 0 Å². The summed E-state index contributed by atoms with van der Waals surface area (Å²) in [4.78, 5) is 10.9. The van der Waals surface area contributed by atoms with Crippen LogP contribution >= 0.6 is 0 Å². The molecule has 5 heteroatoms. The average Bonchev–Trinajstić information content (AvgIpc) is 1.98. The molecule has 0 rings (SSSR count). The van der Waals surface area contributed by atoms with Crippen LogP contribution < -0.4 is 5.32 Å². The molecular weight excluding hydrogens is 146 g/mol. The van der Waals surface area contributed by atoms with Crippen molar-refractivity contribution in [2.45, 2.75) is 6.92 Å². The predicted molar refractivity (Wildman–Crippen MR) is 40.2 cm³/mol. The second-order valence-electron chi connectivity index (χ2n) is 1.81. The Morgan fingerprint density at radius 3 is 2.36 bits per heavy atom. The van der Waals surface area contributed by atoms with E-state index in [9.17, 15) is 4.79 Å². The molecule has 5 nitrogen and oxygen atoms in total. The van der Waals surface area contributed by atoms with Gasteiger partial charge in [0.15, 0.2) is 5.70 Å². The first-order chi connectivity index (χ1) is 5.13. The Bertz CT molecular complexity index is 204. The van der Waals surface area contributed by atoms with Gasteiger partial charge in [0.2, 0.25) is 0 Å². The van der Waals surface area contributed by atoms with E-state index in [1.54, 1.807) is 0 Å². The van der Waals surface area contributed by atoms with Crippen LogP contribution in [0.5, 0.6) is 0 Å². The summed E-state index contributed by atoms with van der Waals surface area (Å²) in [5.41, 5.74) is -0.0602. The molecule has 0 aromatic rings. The summed E-state index contributed by atoms with van der Waals surface area (Å²) >= 11 is 0. The van der Waals surface area contributed by atoms with Crippen molar-refractivity contribution in [3.8, 4) is 0 Å². The minimum Gasteiger partial charge on any atom is -0.510 e. The van der Waals surface area contributed by atoms with Gasteiger partial charge in [0.25, 0.3) is 5.91 Å². The summed E-state index contributed by atoms with van der Waals surface area (Å²) in [6, 6.07) is 0. The number of aliphatic hydroxyl groups excluding tert-OH is 1. The minimum absolute atomic E-state index is 0.0602. The number of carbonyl (C=O) groups excluding carboxylic acids is 1. The molecule has 0 aromatic carbocycles. The van der Waals surface area contributed by atoms with E-state index in [4.69, 9.17) is 5.11 Å². The van der Waals surface area contributed by atoms with E-state index in [0.717, 1.165) is 0 Å². The van der Waals surface area contributed by atoms with Gasteiger partial charge in [-0.2, -0.15) is 5.11 Å². The molecule has 0 aromatic heterocycles. The minimum atomic E-state index is -0.449. The molecule has 0 bridgehead atoms. The molecule has 0 fully saturated rings. The lowest BCUT2D eigenvalue weighted by Crippen LogP contribution is -2.20. The third-order valence-corrected chi connectivity index (χ3v) is 0.985. The topological polar surface area (TPSA) is 74.0 Å². The molecule has 62 valence electrons. The Morgan fingerprint density at radius 1 is 1.55 bits per heavy atom. The first-order valence-electron chi connectivity index (χ1n) is 3.05. The number of carbonyl (C=O) groups is 1. The number of azo groups is 1. The van der Waals surface area contributed by atoms with E-state index >= 15 is 0 Å². The van der Waals surface area contributed by atoms with E-state index in [2.05, 4.69) is 15.5 Å². The molecule has 0 spiro atoms. The lowest BCUT2D eigenvalue weighted by molar-refractivity contribution is -0.117. The molecule has 0 radical (unpaired) electrons. The highest BCUT2D eigenvalue weighted by Gasteiger charge is 2.09. The van der Waals surface area contributed by atoms with Crippen LogP contribution in [0.2, 0.25) is 0 Å². The number of amides is 1. The quantitative estimate of drug-likeness (QED) is 0.350. The summed E-state index contributed by atoms with van der Waals surface area (Å²) in [7, 11) is 2.88. The van der Waals surface area contributed by atoms with Crippen LogP contribution in [0.3, 0.4) is 0 Å². The summed E-state index contributed by atoms with van der Waals surface area (Å²) < 4.78 is 0. The summed E-state index contributed by atoms with van der Waals surface area (Å²) in [5, 5.41) is 18.0. The first kappa shape index (κ1) is 9.61. The van der Waals surface area contributed by atoms with Crippen molar-refractivity contribution in [1.29, 1.82) is 0 Å². The van der Waals surface area contributed by atoms with Gasteiger partial charge in [0, 0.05) is 14.1 Å². The molecule has 0 heterocycles. The molecule has 11 heavy (non-hydrogen) atoms. The van der Waals surface area contributed by atoms with Gasteiger partial charge in [0.1, 0.15) is 5.76 Å². The van der Waals surface area contributed by atoms with Crippen molar-refractivity contribution >= 4 is 5.91 Å². The van der Waals surface area contributed by atoms with Crippen molar-refractivity contribution in [3.05, 3.63) is 11.5 Å². The second kappa shape index (κ2) is 4.43. The Balaban J connectivity index is 4.63. The van der Waals surface area contributed by atoms with Crippen LogP contribution in [0, 0.1) is 0 Å². The zero-order valence-electron chi connectivity index (χ0n) is 6.75. The maximum absolute atomic E-state index is 10.9. The normalized spacial score (nSPS) is 13.0. The summed E-state index contributed by atoms with van der Waals surface area (Å²) in [5.74, 6) is -0.592. The van der Waals surface area contributed by atoms with Crippen LogP contribution in [-0.4, -0.2) is 25.1 Å². The van der Waals surface area contributed by atoms with Crippen molar-refractivity contribution in [1.82, 2.24) is 5.32 Å². The first-order valence-corrected chi connectivity index (χ1v) is 3.05. The lowest BCUT2D eigenvalue weighted by atomic mass is 10.4. The van der Waals surface area contributed by atoms with Gasteiger partial charge in [-0.1, -0.05) is 0 Å². The number of hydrogen-bond acceptors (Lipinski definition) is 4. The van der Waals surface area contributed by atoms with Gasteiger partial charge >= 0.3 is 0 Å². The van der Waals surface area contributed by atoms with Gasteiger partial charge in [-0.15, -0.1) is 5.11 Å². The fraction of sp³-hybridized carbons (Fsp3) is 0.500. The smallest absolute Gasteiger partial charge is 0.275 e. The van der Waals surface area contributed by atoms with Crippen LogP contribution in [0.25, 0.3) is 0 Å². The molecule has 0 aliphatic carbocycles. The van der Waals surface area contributed by atoms with Crippen molar-refractivity contribution in [2.24, 2.45) is 10.2 Å². The molecule has 0 atom stereocenters. The van der Waals surface area contributed by atoms with Crippen molar-refractivity contribution < 1.29 is 9.90 Å². The molecule has 1 amide bonds. The average molecular weight is 157 g/mol. The number of nitrogens with zero attached hydrogens (tertiary/aromatic N) is 2. The van der Waals surface area contributed by atoms with Gasteiger partial charge in [-0.3, -0.25) is 4.79 Å². The van der Waals surface area contributed by atoms with Gasteiger partial charge in [-0.05, 0) is 6.92 Å². The molecule has 0 unspecified atom stereocenters. The molecule has 0 saturated carbocycles. The van der Waals surface area contributed by atoms with Crippen LogP contribution in [0.15, 0.2) is 21.7 Å². The highest BCUT2D eigenvalue weighted by Crippen LogP contribution is 2.02. The number of aliphatic hydroxyl groups is 1. The third kappa shape index (κ3) is 2.79. The van der Waals surface area contributed by atoms with E-state index in [0.29, 0.717) is 0 Å². The Labute approximate surface area is 64.8 Å². The Hall–Kier alpha value is -1.39. The van der Waals surface area contributed by atoms with Crippen molar-refractivity contribution in [3.63, 3.8) is 0 Å². The zero-order chi connectivity index (χ0) is 8.85. The molecule has 0 aliphatic rings. The number of hydrogen-bond donors (Lipinski definition) is 2. The van der Waals surface area contributed by atoms with Crippen LogP contribution in [-0.2, 0) is 4.79 Å². The number of rotatable bonds is 2. The van der Waals surface area contributed by atoms with Crippen LogP contribution in [0.1, 0.15) is 6.92 Å². The van der Waals surface area contributed by atoms with E-state index in [1.807, 2.05) is 0 Å². The molecular formula is C6H11N3O2. The van der Waals surface area contributed by atoms with Gasteiger partial charge in [-0.25, -0.2) is 0 Å². The maximum Gasteiger partial charge on any atom is 0.275 e. The molecule has 0 saturated heterocycles. The highest BCUT2D eigenvalue weighted by molar-refractivity contribution is 5.92. The number of nitrogens with one attached hydrogen (secondary N) is 1. The fourth-order valence-electron chi connectivity index (χ4n) is 0.500. The Kier molecular flexibility index (Phi) is 3.87. The SMILES string of the molecule is CN=N/C(C(=O)NC)=C(\C)O. The third-order valence-electron chi connectivity index (χ3n) is 0.985. The van der Waals surface area contributed by atoms with E-state index in [1.165, 1.54) is 21.0 Å². The van der Waals surface area contributed by atoms with E-state index in [-0.39, 0.29) is 11.5 Å². The number of allylic oxidation sites excluding steroid dienone is 1. The standard InChI is InChI=1S/C6H11N3O2/c1-4(10)5(9-8-3)6(11)7-2/h10H,1-3H3,(H,7,11)/b5-4+,9-8?. The summed E-state index contributed by atoms with van der Waals surface area (Å²) in [6.45, 7) is 1.37. The Morgan fingerprint density at radius 2 is 2.09 bits per heavy atom. The summed E-state index contributed by atoms with van der Waals surface area (Å²) in [6.07, 6.45) is 0. The zero-order valence-corrected chi connectivity index (χ0v) is 6.75. The van der Waals surface area contributed by atoms with Crippen molar-refractivity contribution in [2.75, 3.05) is 14.1 Å². The predicted octanol–water partition coefficient (Wildman–Crippen LogP) is 0.604. The lowest BCUT2D eigenvalue weighted by Gasteiger charge is -1.98. The maximum atomic E-state index is 10.9. The van der Waals surface area contributed by atoms with Gasteiger partial charge in [0.05, 0.1) is 0 Å². The van der Waals surface area contributed by atoms with E-state index < -0.39 is 5.91 Å². The largest absolute Gasteiger partial charge is 0.510 e. The fourth-order valence-corrected chi connectivity index (χ4v) is 0.500. The molecule has 0 aliphatic heterocycles. The van der Waals surface area contributed by atoms with Gasteiger partial charge < -0.3 is 10.4 Å². The molecule has 2 N–H and O–H groups in total. The second-order valence-corrected chi connectivity index (χ2v) is 1.81. The number of likely N-dealkylation sites (N-methyl/N-ethyl adjacent to an activating group) is 1. The monoisotopic (exact) mass is 157 g/mol. The highest BCUT2D eigenvalue weighted by atomic mass is 16.3.